The number of amides is 2. The van der Waals surface area contributed by atoms with Crippen LogP contribution in [-0.4, -0.2) is 49.3 Å². The summed E-state index contributed by atoms with van der Waals surface area (Å²) in [7, 11) is 0. The lowest BCUT2D eigenvalue weighted by Crippen LogP contribution is -2.37. The highest BCUT2D eigenvalue weighted by molar-refractivity contribution is 5.77. The predicted octanol–water partition coefficient (Wildman–Crippen LogP) is 8.73. The first-order valence-corrected chi connectivity index (χ1v) is 18.1. The van der Waals surface area contributed by atoms with E-state index < -0.39 is 6.04 Å². The van der Waals surface area contributed by atoms with E-state index >= 15 is 0 Å². The highest BCUT2D eigenvalue weighted by Gasteiger charge is 2.26. The van der Waals surface area contributed by atoms with Gasteiger partial charge >= 0.3 is 0 Å². The summed E-state index contributed by atoms with van der Waals surface area (Å²) in [5.74, 6) is 2.15. The zero-order valence-electron chi connectivity index (χ0n) is 30.8. The van der Waals surface area contributed by atoms with Crippen LogP contribution >= 0.6 is 0 Å². The lowest BCUT2D eigenvalue weighted by molar-refractivity contribution is -0.132. The normalized spacial score (nSPS) is 12.6. The fourth-order valence-corrected chi connectivity index (χ4v) is 6.05. The van der Waals surface area contributed by atoms with Gasteiger partial charge in [0.15, 0.2) is 0 Å². The molecule has 0 bridgehead atoms. The minimum Gasteiger partial charge on any atom is -0.371 e. The Morgan fingerprint density at radius 1 is 0.745 bits per heavy atom. The molecule has 0 fully saturated rings. The van der Waals surface area contributed by atoms with Crippen molar-refractivity contribution in [2.24, 2.45) is 11.8 Å². The minimum absolute atomic E-state index is 0.0290. The average Bonchev–Trinajstić information content (AvgIpc) is 3.80. The van der Waals surface area contributed by atoms with Crippen molar-refractivity contribution in [2.75, 3.05) is 6.54 Å². The number of carbonyl (C=O) groups excluding carboxylic acids is 2. The van der Waals surface area contributed by atoms with Gasteiger partial charge in [0.25, 0.3) is 0 Å². The van der Waals surface area contributed by atoms with Crippen molar-refractivity contribution in [2.45, 2.75) is 86.1 Å². The molecule has 0 spiro atoms. The molecule has 2 atom stereocenters. The molecule has 2 aromatic heterocycles. The van der Waals surface area contributed by atoms with Crippen LogP contribution in [0.5, 0.6) is 0 Å². The average molecular weight is 689 g/mol. The summed E-state index contributed by atoms with van der Waals surface area (Å²) < 4.78 is 6.22. The summed E-state index contributed by atoms with van der Waals surface area (Å²) in [6.45, 7) is 13.9. The second-order valence-corrected chi connectivity index (χ2v) is 14.1. The molecule has 0 aliphatic rings. The first-order valence-electron chi connectivity index (χ1n) is 18.1. The Kier molecular flexibility index (Phi) is 13.0. The van der Waals surface area contributed by atoms with Gasteiger partial charge in [0.2, 0.25) is 11.8 Å². The molecule has 5 aromatic rings. The summed E-state index contributed by atoms with van der Waals surface area (Å²) in [6, 6.07) is 26.3. The molecule has 9 nitrogen and oxygen atoms in total. The smallest absolute Gasteiger partial charge is 0.223 e. The van der Waals surface area contributed by atoms with Gasteiger partial charge in [-0.3, -0.25) is 9.59 Å². The maximum Gasteiger partial charge on any atom is 0.223 e. The van der Waals surface area contributed by atoms with Crippen molar-refractivity contribution in [1.82, 2.24) is 30.2 Å². The standard InChI is InChI=1S/C42H52N6O3/c1-7-21-48(40(50)23-29(4)5)26-38-43-24-36(45-38)34-17-13-32(14-18-34)33-15-19-35(20-16-33)37-25-44-42(46-37)41(47-39(49)22-28(2)3)30(6)51-27-31-11-9-8-10-12-31/h8-20,24-25,28-30,41H,7,21-23,26-27H2,1-6H3,(H,43,45)(H,44,46)(H,47,49)/t30-,41+/m1/s1. The van der Waals surface area contributed by atoms with Crippen LogP contribution < -0.4 is 5.32 Å². The third-order valence-electron chi connectivity index (χ3n) is 8.75. The van der Waals surface area contributed by atoms with Crippen LogP contribution in [-0.2, 0) is 27.5 Å². The Labute approximate surface area is 302 Å². The van der Waals surface area contributed by atoms with Crippen LogP contribution in [0.4, 0.5) is 0 Å². The zero-order valence-corrected chi connectivity index (χ0v) is 30.8. The molecule has 0 radical (unpaired) electrons. The maximum atomic E-state index is 12.9. The van der Waals surface area contributed by atoms with E-state index in [1.54, 1.807) is 0 Å². The van der Waals surface area contributed by atoms with Crippen LogP contribution in [0.25, 0.3) is 33.6 Å². The van der Waals surface area contributed by atoms with Crippen molar-refractivity contribution in [3.8, 4) is 33.6 Å². The van der Waals surface area contributed by atoms with Crippen LogP contribution in [0.2, 0.25) is 0 Å². The second kappa shape index (κ2) is 17.8. The monoisotopic (exact) mass is 688 g/mol. The van der Waals surface area contributed by atoms with E-state index in [0.717, 1.165) is 58.0 Å². The van der Waals surface area contributed by atoms with Gasteiger partial charge in [-0.25, -0.2) is 9.97 Å². The zero-order chi connectivity index (χ0) is 36.3. The number of ether oxygens (including phenoxy) is 1. The summed E-state index contributed by atoms with van der Waals surface area (Å²) in [6.07, 6.45) is 5.22. The van der Waals surface area contributed by atoms with Gasteiger partial charge in [-0.2, -0.15) is 0 Å². The largest absolute Gasteiger partial charge is 0.371 e. The number of hydrogen-bond acceptors (Lipinski definition) is 5. The summed E-state index contributed by atoms with van der Waals surface area (Å²) in [4.78, 5) is 43.6. The molecule has 51 heavy (non-hydrogen) atoms. The van der Waals surface area contributed by atoms with Crippen LogP contribution in [0.1, 0.15) is 84.1 Å². The SMILES string of the molecule is CCCN(Cc1ncc(-c2ccc(-c3ccc(-c4cnc([C@@H](NC(=O)CC(C)C)[C@@H](C)OCc5ccccc5)[nH]4)cc3)cc2)[nH]1)C(=O)CC(C)C. The number of hydrogen-bond donors (Lipinski definition) is 3. The number of aromatic nitrogens is 4. The van der Waals surface area contributed by atoms with E-state index in [1.807, 2.05) is 68.4 Å². The van der Waals surface area contributed by atoms with Crippen molar-refractivity contribution in [3.63, 3.8) is 0 Å². The molecule has 3 N–H and O–H groups in total. The molecular weight excluding hydrogens is 637 g/mol. The maximum absolute atomic E-state index is 12.9. The van der Waals surface area contributed by atoms with E-state index in [9.17, 15) is 9.59 Å². The van der Waals surface area contributed by atoms with Gasteiger partial charge in [0, 0.05) is 19.4 Å². The van der Waals surface area contributed by atoms with Crippen LogP contribution in [0.15, 0.2) is 91.3 Å². The molecule has 9 heteroatoms. The highest BCUT2D eigenvalue weighted by atomic mass is 16.5. The Bertz CT molecular complexity index is 1830. The van der Waals surface area contributed by atoms with Crippen molar-refractivity contribution >= 4 is 11.8 Å². The number of imidazole rings is 2. The number of aromatic amines is 2. The fraction of sp³-hybridized carbons (Fsp3) is 0.381. The molecule has 3 aromatic carbocycles. The summed E-state index contributed by atoms with van der Waals surface area (Å²) in [5.41, 5.74) is 7.08. The van der Waals surface area contributed by atoms with E-state index in [0.29, 0.717) is 37.7 Å². The lowest BCUT2D eigenvalue weighted by atomic mass is 10.0. The van der Waals surface area contributed by atoms with Crippen LogP contribution in [0, 0.1) is 11.8 Å². The van der Waals surface area contributed by atoms with Crippen molar-refractivity contribution in [1.29, 1.82) is 0 Å². The van der Waals surface area contributed by atoms with Gasteiger partial charge in [0.05, 0.1) is 43.0 Å². The summed E-state index contributed by atoms with van der Waals surface area (Å²) >= 11 is 0. The second-order valence-electron chi connectivity index (χ2n) is 14.1. The number of benzene rings is 3. The number of carbonyl (C=O) groups is 2. The Morgan fingerprint density at radius 3 is 1.90 bits per heavy atom. The van der Waals surface area contributed by atoms with E-state index in [-0.39, 0.29) is 23.8 Å². The van der Waals surface area contributed by atoms with Gasteiger partial charge in [-0.05, 0) is 53.0 Å². The molecule has 0 saturated carbocycles. The van der Waals surface area contributed by atoms with Crippen molar-refractivity contribution < 1.29 is 14.3 Å². The van der Waals surface area contributed by atoms with Crippen molar-refractivity contribution in [3.05, 3.63) is 108 Å². The highest BCUT2D eigenvalue weighted by Crippen LogP contribution is 2.28. The predicted molar refractivity (Wildman–Crippen MR) is 203 cm³/mol. The Hall–Kier alpha value is -5.02. The van der Waals surface area contributed by atoms with Gasteiger partial charge in [0.1, 0.15) is 17.7 Å². The first kappa shape index (κ1) is 37.2. The third kappa shape index (κ3) is 10.5. The quantitative estimate of drug-likeness (QED) is 0.0904. The third-order valence-corrected chi connectivity index (χ3v) is 8.75. The minimum atomic E-state index is -0.430. The van der Waals surface area contributed by atoms with Gasteiger partial charge in [-0.1, -0.05) is 113 Å². The van der Waals surface area contributed by atoms with E-state index in [4.69, 9.17) is 4.74 Å². The number of nitrogens with one attached hydrogen (secondary N) is 3. The molecule has 0 saturated heterocycles. The lowest BCUT2D eigenvalue weighted by Gasteiger charge is -2.24. The number of H-pyrrole nitrogens is 2. The molecule has 268 valence electrons. The van der Waals surface area contributed by atoms with E-state index in [1.165, 1.54) is 0 Å². The number of rotatable bonds is 17. The molecule has 5 rings (SSSR count). The molecule has 0 unspecified atom stereocenters. The molecule has 0 aliphatic heterocycles. The van der Waals surface area contributed by atoms with Gasteiger partial charge in [-0.15, -0.1) is 0 Å². The topological polar surface area (TPSA) is 116 Å². The number of nitrogens with zero attached hydrogens (tertiary/aromatic N) is 3. The Balaban J connectivity index is 1.25. The van der Waals surface area contributed by atoms with E-state index in [2.05, 4.69) is 94.6 Å². The fourth-order valence-electron chi connectivity index (χ4n) is 6.05. The van der Waals surface area contributed by atoms with Crippen LogP contribution in [0.3, 0.4) is 0 Å². The Morgan fingerprint density at radius 2 is 1.31 bits per heavy atom. The molecule has 2 heterocycles. The van der Waals surface area contributed by atoms with Gasteiger partial charge < -0.3 is 24.9 Å². The molecule has 2 amide bonds. The summed E-state index contributed by atoms with van der Waals surface area (Å²) in [5, 5.41) is 3.16. The molecular formula is C42H52N6O3. The molecule has 0 aliphatic carbocycles. The first-order chi connectivity index (χ1) is 24.6.